The van der Waals surface area contributed by atoms with Crippen LogP contribution in [0.5, 0.6) is 51.7 Å². The minimum Gasteiger partial charge on any atom is -0.508 e. The zero-order valence-corrected chi connectivity index (χ0v) is 27.3. The molecule has 6 aromatic rings. The lowest BCUT2D eigenvalue weighted by Crippen LogP contribution is -2.17. The number of benzene rings is 6. The van der Waals surface area contributed by atoms with Crippen molar-refractivity contribution in [3.05, 3.63) is 159 Å². The Labute approximate surface area is 296 Å². The molecule has 0 bridgehead atoms. The Kier molecular flexibility index (Phi) is 6.96. The largest absolute Gasteiger partial charge is 0.508 e. The van der Waals surface area contributed by atoms with Crippen LogP contribution in [-0.4, -0.2) is 40.9 Å². The fourth-order valence-electron chi connectivity index (χ4n) is 8.46. The van der Waals surface area contributed by atoms with Gasteiger partial charge >= 0.3 is 0 Å². The van der Waals surface area contributed by atoms with E-state index in [0.29, 0.717) is 61.6 Å². The quantitative estimate of drug-likeness (QED) is 0.0930. The standard InChI is InChI=1S/C42H32O10/c43-23-7-1-19(2-8-23)33-35-29(16-28(48)17-30(35)49)36-38-32(52-42(36)21-5-11-25(45)12-6-21)18-31-37(39(38)40(33)50)34(22-13-26(46)15-27(47)14-22)41(51-31)20-3-9-24(44)10-4-20/h1-18,33-34,36,40-50H/t33-,34+,36-,40-,41-,42+/m1/s1. The number of hydrogen-bond acceptors (Lipinski definition) is 10. The Morgan fingerprint density at radius 1 is 0.365 bits per heavy atom. The monoisotopic (exact) mass is 696 g/mol. The van der Waals surface area contributed by atoms with Crippen LogP contribution in [0.1, 0.15) is 86.1 Å². The number of fused-ring (bicyclic) bond motifs is 4. The molecule has 3 aliphatic rings. The number of aliphatic hydroxyl groups is 1. The summed E-state index contributed by atoms with van der Waals surface area (Å²) in [5.74, 6) is -2.23. The van der Waals surface area contributed by atoms with E-state index in [9.17, 15) is 40.9 Å². The van der Waals surface area contributed by atoms with Crippen molar-refractivity contribution in [1.82, 2.24) is 0 Å². The zero-order valence-electron chi connectivity index (χ0n) is 27.3. The van der Waals surface area contributed by atoms with Crippen LogP contribution in [0.25, 0.3) is 0 Å². The number of aliphatic hydroxyl groups excluding tert-OH is 1. The van der Waals surface area contributed by atoms with Crippen LogP contribution in [0.15, 0.2) is 109 Å². The van der Waals surface area contributed by atoms with Crippen molar-refractivity contribution in [1.29, 1.82) is 0 Å². The fourth-order valence-corrected chi connectivity index (χ4v) is 8.46. The number of phenolic OH excluding ortho intramolecular Hbond substituents is 7. The van der Waals surface area contributed by atoms with Crippen LogP contribution in [0, 0.1) is 0 Å². The summed E-state index contributed by atoms with van der Waals surface area (Å²) < 4.78 is 13.5. The van der Waals surface area contributed by atoms with Crippen molar-refractivity contribution in [3.8, 4) is 51.7 Å². The van der Waals surface area contributed by atoms with Gasteiger partial charge < -0.3 is 50.3 Å². The lowest BCUT2D eigenvalue weighted by atomic mass is 9.76. The molecule has 0 amide bonds. The van der Waals surface area contributed by atoms with Gasteiger partial charge in [-0.05, 0) is 88.0 Å². The molecule has 8 N–H and O–H groups in total. The summed E-state index contributed by atoms with van der Waals surface area (Å²) in [6, 6.07) is 28.3. The van der Waals surface area contributed by atoms with Crippen LogP contribution in [0.3, 0.4) is 0 Å². The van der Waals surface area contributed by atoms with E-state index in [2.05, 4.69) is 0 Å². The molecule has 0 spiro atoms. The maximum atomic E-state index is 12.9. The highest BCUT2D eigenvalue weighted by molar-refractivity contribution is 5.70. The molecule has 6 atom stereocenters. The molecule has 6 aromatic carbocycles. The molecule has 10 nitrogen and oxygen atoms in total. The van der Waals surface area contributed by atoms with Gasteiger partial charge in [-0.3, -0.25) is 0 Å². The van der Waals surface area contributed by atoms with Gasteiger partial charge in [0.05, 0.1) is 17.9 Å². The van der Waals surface area contributed by atoms with Crippen molar-refractivity contribution in [2.75, 3.05) is 0 Å². The van der Waals surface area contributed by atoms with Crippen LogP contribution >= 0.6 is 0 Å². The molecule has 0 fully saturated rings. The molecule has 2 aliphatic heterocycles. The number of hydrogen-bond donors (Lipinski definition) is 8. The predicted octanol–water partition coefficient (Wildman–Crippen LogP) is 7.34. The summed E-state index contributed by atoms with van der Waals surface area (Å²) in [6.07, 6.45) is -2.85. The minimum atomic E-state index is -1.37. The highest BCUT2D eigenvalue weighted by Gasteiger charge is 2.51. The van der Waals surface area contributed by atoms with Gasteiger partial charge in [0.25, 0.3) is 0 Å². The van der Waals surface area contributed by atoms with E-state index in [-0.39, 0.29) is 40.2 Å². The van der Waals surface area contributed by atoms with E-state index in [1.165, 1.54) is 48.5 Å². The average molecular weight is 697 g/mol. The van der Waals surface area contributed by atoms with Gasteiger partial charge in [-0.1, -0.05) is 36.4 Å². The number of aromatic hydroxyl groups is 7. The van der Waals surface area contributed by atoms with Crippen molar-refractivity contribution in [2.45, 2.75) is 36.1 Å². The minimum absolute atomic E-state index is 0.0132. The molecule has 0 unspecified atom stereocenters. The third-order valence-electron chi connectivity index (χ3n) is 10.5. The smallest absolute Gasteiger partial charge is 0.135 e. The molecule has 0 saturated heterocycles. The molecule has 9 rings (SSSR count). The maximum Gasteiger partial charge on any atom is 0.135 e. The lowest BCUT2D eigenvalue weighted by molar-refractivity contribution is 0.156. The van der Waals surface area contributed by atoms with Gasteiger partial charge in [-0.2, -0.15) is 0 Å². The van der Waals surface area contributed by atoms with Crippen molar-refractivity contribution < 1.29 is 50.3 Å². The SMILES string of the molecule is Oc1ccc([C@@H]2c3c(O)cc(O)cc3[C@@H]3c4c(cc5c(c4[C@@H]2O)[C@H](c2cc(O)cc(O)c2)[C@@H](c2ccc(O)cc2)O5)O[C@H]3c2ccc(O)cc2)cc1. The number of ether oxygens (including phenoxy) is 2. The van der Waals surface area contributed by atoms with E-state index in [0.717, 1.165) is 0 Å². The first-order chi connectivity index (χ1) is 25.0. The maximum absolute atomic E-state index is 12.9. The summed E-state index contributed by atoms with van der Waals surface area (Å²) in [5, 5.41) is 87.5. The van der Waals surface area contributed by atoms with Crippen molar-refractivity contribution in [3.63, 3.8) is 0 Å². The second kappa shape index (κ2) is 11.5. The van der Waals surface area contributed by atoms with Gasteiger partial charge in [0.1, 0.15) is 64.0 Å². The molecule has 1 aliphatic carbocycles. The molecule has 0 saturated carbocycles. The van der Waals surface area contributed by atoms with E-state index >= 15 is 0 Å². The Bertz CT molecular complexity index is 2350. The first-order valence-electron chi connectivity index (χ1n) is 16.7. The summed E-state index contributed by atoms with van der Waals surface area (Å²) in [6.45, 7) is 0. The molecular formula is C42H32O10. The van der Waals surface area contributed by atoms with Crippen LogP contribution in [0.2, 0.25) is 0 Å². The van der Waals surface area contributed by atoms with Gasteiger partial charge in [0.2, 0.25) is 0 Å². The predicted molar refractivity (Wildman–Crippen MR) is 188 cm³/mol. The van der Waals surface area contributed by atoms with E-state index in [4.69, 9.17) is 9.47 Å². The Balaban J connectivity index is 1.37. The van der Waals surface area contributed by atoms with Crippen molar-refractivity contribution >= 4 is 0 Å². The topological polar surface area (TPSA) is 180 Å². The average Bonchev–Trinajstić information content (AvgIpc) is 3.64. The summed E-state index contributed by atoms with van der Waals surface area (Å²) >= 11 is 0. The highest BCUT2D eigenvalue weighted by atomic mass is 16.5. The highest BCUT2D eigenvalue weighted by Crippen LogP contribution is 2.65. The molecular weight excluding hydrogens is 664 g/mol. The normalized spacial score (nSPS) is 22.4. The van der Waals surface area contributed by atoms with Crippen molar-refractivity contribution in [2.24, 2.45) is 0 Å². The Morgan fingerprint density at radius 3 is 1.37 bits per heavy atom. The molecule has 260 valence electrons. The van der Waals surface area contributed by atoms with E-state index < -0.39 is 36.1 Å². The van der Waals surface area contributed by atoms with Gasteiger partial charge in [0, 0.05) is 40.8 Å². The fraction of sp³-hybridized carbons (Fsp3) is 0.143. The molecule has 0 aromatic heterocycles. The molecule has 0 radical (unpaired) electrons. The van der Waals surface area contributed by atoms with Gasteiger partial charge in [-0.15, -0.1) is 0 Å². The zero-order chi connectivity index (χ0) is 36.0. The van der Waals surface area contributed by atoms with Gasteiger partial charge in [0.15, 0.2) is 0 Å². The second-order valence-electron chi connectivity index (χ2n) is 13.6. The molecule has 2 heterocycles. The summed E-state index contributed by atoms with van der Waals surface area (Å²) in [4.78, 5) is 0. The third kappa shape index (κ3) is 4.83. The summed E-state index contributed by atoms with van der Waals surface area (Å²) in [7, 11) is 0. The first kappa shape index (κ1) is 31.5. The Hall–Kier alpha value is -6.52. The summed E-state index contributed by atoms with van der Waals surface area (Å²) in [5.41, 5.74) is 4.90. The number of phenols is 7. The van der Waals surface area contributed by atoms with E-state index in [1.807, 2.05) is 0 Å². The second-order valence-corrected chi connectivity index (χ2v) is 13.6. The lowest BCUT2D eigenvalue weighted by Gasteiger charge is -2.28. The van der Waals surface area contributed by atoms with Crippen LogP contribution < -0.4 is 9.47 Å². The Morgan fingerprint density at radius 2 is 0.827 bits per heavy atom. The van der Waals surface area contributed by atoms with Crippen LogP contribution in [-0.2, 0) is 0 Å². The first-order valence-corrected chi connectivity index (χ1v) is 16.7. The molecule has 10 heteroatoms. The van der Waals surface area contributed by atoms with Gasteiger partial charge in [-0.25, -0.2) is 0 Å². The third-order valence-corrected chi connectivity index (χ3v) is 10.5. The molecule has 52 heavy (non-hydrogen) atoms. The van der Waals surface area contributed by atoms with E-state index in [1.54, 1.807) is 60.7 Å². The van der Waals surface area contributed by atoms with Crippen LogP contribution in [0.4, 0.5) is 0 Å². The number of rotatable bonds is 4.